The van der Waals surface area contributed by atoms with Crippen LogP contribution in [-0.4, -0.2) is 40.9 Å². The summed E-state index contributed by atoms with van der Waals surface area (Å²) in [6, 6.07) is 1.67. The SMILES string of the molecule is CC(Cc1ccco1)NC(=O)NC(CCO)C(=O)O. The molecular formula is C12H18N2O5. The zero-order valence-electron chi connectivity index (χ0n) is 10.6. The Morgan fingerprint density at radius 3 is 2.68 bits per heavy atom. The first-order valence-electron chi connectivity index (χ1n) is 5.96. The standard InChI is InChI=1S/C12H18N2O5/c1-8(7-9-3-2-6-19-9)13-12(18)14-10(4-5-15)11(16)17/h2-3,6,8,10,15H,4-5,7H2,1H3,(H,16,17)(H2,13,14,18). The van der Waals surface area contributed by atoms with Crippen LogP contribution in [0.5, 0.6) is 0 Å². The predicted octanol–water partition coefficient (Wildman–Crippen LogP) is 0.345. The lowest BCUT2D eigenvalue weighted by molar-refractivity contribution is -0.139. The molecule has 4 N–H and O–H groups in total. The van der Waals surface area contributed by atoms with E-state index in [-0.39, 0.29) is 19.1 Å². The van der Waals surface area contributed by atoms with Gasteiger partial charge in [0.2, 0.25) is 0 Å². The van der Waals surface area contributed by atoms with E-state index in [4.69, 9.17) is 14.6 Å². The summed E-state index contributed by atoms with van der Waals surface area (Å²) in [5.41, 5.74) is 0. The highest BCUT2D eigenvalue weighted by Gasteiger charge is 2.20. The number of amides is 2. The summed E-state index contributed by atoms with van der Waals surface area (Å²) >= 11 is 0. The molecule has 0 aliphatic rings. The summed E-state index contributed by atoms with van der Waals surface area (Å²) in [4.78, 5) is 22.4. The van der Waals surface area contributed by atoms with Gasteiger partial charge in [0.15, 0.2) is 0 Å². The summed E-state index contributed by atoms with van der Waals surface area (Å²) in [7, 11) is 0. The van der Waals surface area contributed by atoms with Crippen LogP contribution in [0.1, 0.15) is 19.1 Å². The van der Waals surface area contributed by atoms with E-state index in [1.54, 1.807) is 25.3 Å². The number of aliphatic hydroxyl groups excluding tert-OH is 1. The van der Waals surface area contributed by atoms with Gasteiger partial charge in [-0.1, -0.05) is 0 Å². The second-order valence-corrected chi connectivity index (χ2v) is 4.21. The highest BCUT2D eigenvalue weighted by atomic mass is 16.4. The fourth-order valence-electron chi connectivity index (χ4n) is 1.59. The summed E-state index contributed by atoms with van der Waals surface area (Å²) < 4.78 is 5.14. The van der Waals surface area contributed by atoms with Crippen molar-refractivity contribution in [2.75, 3.05) is 6.61 Å². The van der Waals surface area contributed by atoms with Crippen molar-refractivity contribution >= 4 is 12.0 Å². The first kappa shape index (κ1) is 15.0. The molecule has 0 aliphatic carbocycles. The molecule has 0 saturated heterocycles. The lowest BCUT2D eigenvalue weighted by atomic mass is 10.2. The van der Waals surface area contributed by atoms with E-state index < -0.39 is 18.0 Å². The Morgan fingerprint density at radius 2 is 2.16 bits per heavy atom. The van der Waals surface area contributed by atoms with Crippen molar-refractivity contribution in [1.29, 1.82) is 0 Å². The number of hydrogen-bond donors (Lipinski definition) is 4. The average Bonchev–Trinajstić information content (AvgIpc) is 2.80. The molecule has 2 unspecified atom stereocenters. The molecule has 1 rings (SSSR count). The van der Waals surface area contributed by atoms with E-state index in [2.05, 4.69) is 10.6 Å². The van der Waals surface area contributed by atoms with Crippen molar-refractivity contribution in [3.8, 4) is 0 Å². The summed E-state index contributed by atoms with van der Waals surface area (Å²) in [6.07, 6.45) is 2.03. The van der Waals surface area contributed by atoms with Gasteiger partial charge >= 0.3 is 12.0 Å². The van der Waals surface area contributed by atoms with Gasteiger partial charge in [-0.15, -0.1) is 0 Å². The maximum absolute atomic E-state index is 11.6. The minimum Gasteiger partial charge on any atom is -0.480 e. The number of urea groups is 1. The molecule has 0 spiro atoms. The van der Waals surface area contributed by atoms with Crippen molar-refractivity contribution in [2.45, 2.75) is 31.8 Å². The molecule has 19 heavy (non-hydrogen) atoms. The monoisotopic (exact) mass is 270 g/mol. The van der Waals surface area contributed by atoms with Gasteiger partial charge < -0.3 is 25.3 Å². The van der Waals surface area contributed by atoms with Crippen LogP contribution in [-0.2, 0) is 11.2 Å². The third-order valence-corrected chi connectivity index (χ3v) is 2.49. The van der Waals surface area contributed by atoms with Gasteiger partial charge in [-0.3, -0.25) is 0 Å². The van der Waals surface area contributed by atoms with E-state index in [0.29, 0.717) is 6.42 Å². The van der Waals surface area contributed by atoms with Crippen LogP contribution in [0.4, 0.5) is 4.79 Å². The molecule has 0 aromatic carbocycles. The number of carboxylic acid groups (broad SMARTS) is 1. The zero-order valence-corrected chi connectivity index (χ0v) is 10.6. The number of carbonyl (C=O) groups is 2. The number of carboxylic acids is 1. The van der Waals surface area contributed by atoms with Gasteiger partial charge in [0.05, 0.1) is 6.26 Å². The number of carbonyl (C=O) groups excluding carboxylic acids is 1. The first-order valence-corrected chi connectivity index (χ1v) is 5.96. The van der Waals surface area contributed by atoms with Crippen molar-refractivity contribution in [3.05, 3.63) is 24.2 Å². The molecule has 7 nitrogen and oxygen atoms in total. The number of furan rings is 1. The van der Waals surface area contributed by atoms with Crippen molar-refractivity contribution in [1.82, 2.24) is 10.6 Å². The van der Waals surface area contributed by atoms with Crippen LogP contribution in [0.2, 0.25) is 0 Å². The quantitative estimate of drug-likeness (QED) is 0.571. The molecule has 0 aliphatic heterocycles. The molecule has 1 heterocycles. The molecule has 0 fully saturated rings. The maximum Gasteiger partial charge on any atom is 0.326 e. The minimum atomic E-state index is -1.18. The molecular weight excluding hydrogens is 252 g/mol. The van der Waals surface area contributed by atoms with Crippen molar-refractivity contribution in [3.63, 3.8) is 0 Å². The number of rotatable bonds is 7. The van der Waals surface area contributed by atoms with Crippen LogP contribution >= 0.6 is 0 Å². The van der Waals surface area contributed by atoms with Gasteiger partial charge in [-0.25, -0.2) is 9.59 Å². The van der Waals surface area contributed by atoms with E-state index >= 15 is 0 Å². The molecule has 0 bridgehead atoms. The number of hydrogen-bond acceptors (Lipinski definition) is 4. The predicted molar refractivity (Wildman–Crippen MR) is 66.7 cm³/mol. The Hall–Kier alpha value is -2.02. The Morgan fingerprint density at radius 1 is 1.42 bits per heavy atom. The van der Waals surface area contributed by atoms with Crippen LogP contribution in [0.15, 0.2) is 22.8 Å². The van der Waals surface area contributed by atoms with E-state index in [1.165, 1.54) is 0 Å². The average molecular weight is 270 g/mol. The van der Waals surface area contributed by atoms with E-state index in [9.17, 15) is 9.59 Å². The van der Waals surface area contributed by atoms with Crippen LogP contribution in [0.25, 0.3) is 0 Å². The molecule has 7 heteroatoms. The lowest BCUT2D eigenvalue weighted by Gasteiger charge is -2.17. The van der Waals surface area contributed by atoms with Gasteiger partial charge in [0.1, 0.15) is 11.8 Å². The maximum atomic E-state index is 11.6. The van der Waals surface area contributed by atoms with E-state index in [0.717, 1.165) is 5.76 Å². The normalized spacial score (nSPS) is 13.6. The van der Waals surface area contributed by atoms with Crippen LogP contribution in [0.3, 0.4) is 0 Å². The van der Waals surface area contributed by atoms with Crippen LogP contribution < -0.4 is 10.6 Å². The van der Waals surface area contributed by atoms with Gasteiger partial charge in [0.25, 0.3) is 0 Å². The highest BCUT2D eigenvalue weighted by Crippen LogP contribution is 2.03. The number of nitrogens with one attached hydrogen (secondary N) is 2. The molecule has 106 valence electrons. The Labute approximate surface area is 110 Å². The molecule has 1 aromatic heterocycles. The largest absolute Gasteiger partial charge is 0.480 e. The van der Waals surface area contributed by atoms with E-state index in [1.807, 2.05) is 0 Å². The first-order chi connectivity index (χ1) is 9.02. The number of aliphatic hydroxyl groups is 1. The third kappa shape index (κ3) is 5.43. The fourth-order valence-corrected chi connectivity index (χ4v) is 1.59. The third-order valence-electron chi connectivity index (χ3n) is 2.49. The zero-order chi connectivity index (χ0) is 14.3. The topological polar surface area (TPSA) is 112 Å². The summed E-state index contributed by atoms with van der Waals surface area (Å²) in [6.45, 7) is 1.48. The minimum absolute atomic E-state index is 0.0324. The summed E-state index contributed by atoms with van der Waals surface area (Å²) in [5, 5.41) is 22.4. The smallest absolute Gasteiger partial charge is 0.326 e. The molecule has 0 radical (unpaired) electrons. The van der Waals surface area contributed by atoms with Gasteiger partial charge in [-0.05, 0) is 19.1 Å². The highest BCUT2D eigenvalue weighted by molar-refractivity contribution is 5.82. The molecule has 2 atom stereocenters. The van der Waals surface area contributed by atoms with Gasteiger partial charge in [-0.2, -0.15) is 0 Å². The van der Waals surface area contributed by atoms with Crippen LogP contribution in [0, 0.1) is 0 Å². The number of aliphatic carboxylic acids is 1. The Bertz CT molecular complexity index is 404. The Kier molecular flexibility index (Phi) is 5.87. The van der Waals surface area contributed by atoms with Crippen molar-refractivity contribution in [2.24, 2.45) is 0 Å². The second-order valence-electron chi connectivity index (χ2n) is 4.21. The second kappa shape index (κ2) is 7.42. The molecule has 0 saturated carbocycles. The molecule has 2 amide bonds. The van der Waals surface area contributed by atoms with Gasteiger partial charge in [0, 0.05) is 25.5 Å². The van der Waals surface area contributed by atoms with Crippen molar-refractivity contribution < 1.29 is 24.2 Å². The Balaban J connectivity index is 2.38. The summed E-state index contributed by atoms with van der Waals surface area (Å²) in [5.74, 6) is -0.444. The molecule has 1 aromatic rings. The fraction of sp³-hybridized carbons (Fsp3) is 0.500. The lowest BCUT2D eigenvalue weighted by Crippen LogP contribution is -2.49.